The van der Waals surface area contributed by atoms with E-state index in [-0.39, 0.29) is 11.9 Å². The van der Waals surface area contributed by atoms with Crippen LogP contribution in [0, 0.1) is 0 Å². The lowest BCUT2D eigenvalue weighted by molar-refractivity contribution is -0.130. The van der Waals surface area contributed by atoms with Gasteiger partial charge in [0.1, 0.15) is 5.25 Å². The highest BCUT2D eigenvalue weighted by molar-refractivity contribution is 7.85. The molecule has 0 saturated heterocycles. The Morgan fingerprint density at radius 2 is 1.89 bits per heavy atom. The minimum atomic E-state index is -1.27. The summed E-state index contributed by atoms with van der Waals surface area (Å²) in [4.78, 5) is 13.7. The van der Waals surface area contributed by atoms with Gasteiger partial charge in [0.05, 0.1) is 5.75 Å². The van der Waals surface area contributed by atoms with Gasteiger partial charge in [0, 0.05) is 28.9 Å². The first kappa shape index (κ1) is 16.2. The molecule has 0 aliphatic rings. The van der Waals surface area contributed by atoms with Crippen molar-refractivity contribution in [1.82, 2.24) is 4.90 Å². The van der Waals surface area contributed by atoms with Gasteiger partial charge in [-0.15, -0.1) is 0 Å². The largest absolute Gasteiger partial charge is 0.342 e. The molecule has 0 spiro atoms. The lowest BCUT2D eigenvalue weighted by Crippen LogP contribution is -2.41. The van der Waals surface area contributed by atoms with E-state index in [1.54, 1.807) is 24.9 Å². The molecule has 2 atom stereocenters. The molecular formula is C14H20ClNO2S. The van der Waals surface area contributed by atoms with E-state index in [0.717, 1.165) is 5.56 Å². The zero-order valence-corrected chi connectivity index (χ0v) is 13.3. The Morgan fingerprint density at radius 3 is 2.42 bits per heavy atom. The molecule has 106 valence electrons. The molecule has 1 aromatic carbocycles. The maximum atomic E-state index is 12.2. The van der Waals surface area contributed by atoms with Crippen LogP contribution in [0.15, 0.2) is 24.3 Å². The molecule has 3 nitrogen and oxygen atoms in total. The fourth-order valence-corrected chi connectivity index (χ4v) is 3.03. The van der Waals surface area contributed by atoms with Gasteiger partial charge < -0.3 is 4.90 Å². The topological polar surface area (TPSA) is 37.4 Å². The standard InChI is InChI=1S/C14H20ClNO2S/c1-10(2)16(4)14(17)11(3)19(18)9-12-7-5-6-8-13(12)15/h5-8,10-11H,9H2,1-4H3/t11-,19-/m0/s1. The molecule has 0 fully saturated rings. The summed E-state index contributed by atoms with van der Waals surface area (Å²) in [5, 5.41) is 0.0661. The maximum absolute atomic E-state index is 12.2. The zero-order chi connectivity index (χ0) is 14.6. The van der Waals surface area contributed by atoms with Crippen LogP contribution in [-0.4, -0.2) is 33.4 Å². The summed E-state index contributed by atoms with van der Waals surface area (Å²) in [5.41, 5.74) is 0.814. The van der Waals surface area contributed by atoms with E-state index in [2.05, 4.69) is 0 Å². The first-order valence-electron chi connectivity index (χ1n) is 6.21. The Balaban J connectivity index is 2.73. The van der Waals surface area contributed by atoms with Crippen molar-refractivity contribution in [2.24, 2.45) is 0 Å². The van der Waals surface area contributed by atoms with Gasteiger partial charge in [0.2, 0.25) is 5.91 Å². The SMILES string of the molecule is CC(C)N(C)C(=O)[C@H](C)[S@@](=O)Cc1ccccc1Cl. The summed E-state index contributed by atoms with van der Waals surface area (Å²) in [5.74, 6) is 0.207. The number of carbonyl (C=O) groups excluding carboxylic acids is 1. The molecule has 0 saturated carbocycles. The van der Waals surface area contributed by atoms with Crippen LogP contribution in [0.5, 0.6) is 0 Å². The molecule has 1 amide bonds. The first-order valence-corrected chi connectivity index (χ1v) is 7.97. The van der Waals surface area contributed by atoms with Gasteiger partial charge in [-0.25, -0.2) is 0 Å². The molecule has 1 aromatic rings. The normalized spacial score (nSPS) is 14.2. The summed E-state index contributed by atoms with van der Waals surface area (Å²) in [6.45, 7) is 5.57. The molecule has 1 rings (SSSR count). The van der Waals surface area contributed by atoms with E-state index in [1.165, 1.54) is 0 Å². The van der Waals surface area contributed by atoms with Crippen LogP contribution in [0.3, 0.4) is 0 Å². The molecule has 19 heavy (non-hydrogen) atoms. The predicted molar refractivity (Wildman–Crippen MR) is 80.7 cm³/mol. The highest BCUT2D eigenvalue weighted by Crippen LogP contribution is 2.18. The van der Waals surface area contributed by atoms with E-state index in [0.29, 0.717) is 10.8 Å². The number of hydrogen-bond donors (Lipinski definition) is 0. The molecule has 0 aliphatic carbocycles. The molecule has 0 bridgehead atoms. The highest BCUT2D eigenvalue weighted by atomic mass is 35.5. The summed E-state index contributed by atoms with van der Waals surface area (Å²) < 4.78 is 12.2. The fraction of sp³-hybridized carbons (Fsp3) is 0.500. The van der Waals surface area contributed by atoms with Crippen molar-refractivity contribution in [2.75, 3.05) is 7.05 Å². The van der Waals surface area contributed by atoms with E-state index >= 15 is 0 Å². The van der Waals surface area contributed by atoms with Crippen LogP contribution in [-0.2, 0) is 21.3 Å². The number of rotatable bonds is 5. The van der Waals surface area contributed by atoms with E-state index < -0.39 is 16.0 Å². The second kappa shape index (κ2) is 7.06. The molecule has 0 radical (unpaired) electrons. The Hall–Kier alpha value is -0.870. The van der Waals surface area contributed by atoms with Crippen LogP contribution in [0.25, 0.3) is 0 Å². The Labute approximate surface area is 122 Å². The number of benzene rings is 1. The molecule has 5 heteroatoms. The second-order valence-corrected chi connectivity index (χ2v) is 6.97. The molecular weight excluding hydrogens is 282 g/mol. The van der Waals surface area contributed by atoms with Crippen molar-refractivity contribution >= 4 is 28.3 Å². The van der Waals surface area contributed by atoms with Gasteiger partial charge in [-0.2, -0.15) is 0 Å². The van der Waals surface area contributed by atoms with E-state index in [1.807, 2.05) is 32.0 Å². The van der Waals surface area contributed by atoms with E-state index in [4.69, 9.17) is 11.6 Å². The minimum absolute atomic E-state index is 0.0969. The minimum Gasteiger partial charge on any atom is -0.342 e. The third kappa shape index (κ3) is 4.32. The van der Waals surface area contributed by atoms with Crippen molar-refractivity contribution in [3.63, 3.8) is 0 Å². The maximum Gasteiger partial charge on any atom is 0.238 e. The molecule has 0 N–H and O–H groups in total. The summed E-state index contributed by atoms with van der Waals surface area (Å²) in [7, 11) is 0.463. The summed E-state index contributed by atoms with van der Waals surface area (Å²) >= 11 is 6.04. The van der Waals surface area contributed by atoms with Crippen molar-refractivity contribution in [1.29, 1.82) is 0 Å². The number of nitrogens with zero attached hydrogens (tertiary/aromatic N) is 1. The average Bonchev–Trinajstić information content (AvgIpc) is 2.38. The van der Waals surface area contributed by atoms with Crippen molar-refractivity contribution in [2.45, 2.75) is 37.8 Å². The quantitative estimate of drug-likeness (QED) is 0.838. The second-order valence-electron chi connectivity index (χ2n) is 4.80. The van der Waals surface area contributed by atoms with Gasteiger partial charge in [-0.3, -0.25) is 9.00 Å². The molecule has 0 aromatic heterocycles. The fourth-order valence-electron chi connectivity index (χ4n) is 1.55. The van der Waals surface area contributed by atoms with Crippen molar-refractivity contribution in [3.05, 3.63) is 34.9 Å². The van der Waals surface area contributed by atoms with Crippen LogP contribution < -0.4 is 0 Å². The number of carbonyl (C=O) groups is 1. The molecule has 0 aliphatic heterocycles. The zero-order valence-electron chi connectivity index (χ0n) is 11.7. The van der Waals surface area contributed by atoms with Crippen molar-refractivity contribution < 1.29 is 9.00 Å². The Kier molecular flexibility index (Phi) is 6.01. The van der Waals surface area contributed by atoms with Gasteiger partial charge >= 0.3 is 0 Å². The first-order chi connectivity index (χ1) is 8.84. The Morgan fingerprint density at radius 1 is 1.32 bits per heavy atom. The van der Waals surface area contributed by atoms with Crippen LogP contribution >= 0.6 is 11.6 Å². The van der Waals surface area contributed by atoms with Crippen LogP contribution in [0.1, 0.15) is 26.3 Å². The number of amides is 1. The number of hydrogen-bond acceptors (Lipinski definition) is 2. The van der Waals surface area contributed by atoms with Crippen molar-refractivity contribution in [3.8, 4) is 0 Å². The van der Waals surface area contributed by atoms with Gasteiger partial charge in [0.25, 0.3) is 0 Å². The highest BCUT2D eigenvalue weighted by Gasteiger charge is 2.25. The van der Waals surface area contributed by atoms with Gasteiger partial charge in [-0.1, -0.05) is 29.8 Å². The lowest BCUT2D eigenvalue weighted by atomic mass is 10.2. The molecule has 0 unspecified atom stereocenters. The van der Waals surface area contributed by atoms with Crippen LogP contribution in [0.2, 0.25) is 5.02 Å². The smallest absolute Gasteiger partial charge is 0.238 e. The molecule has 0 heterocycles. The van der Waals surface area contributed by atoms with Gasteiger partial charge in [0.15, 0.2) is 0 Å². The summed E-state index contributed by atoms with van der Waals surface area (Å²) in [6, 6.07) is 7.39. The summed E-state index contributed by atoms with van der Waals surface area (Å²) in [6.07, 6.45) is 0. The lowest BCUT2D eigenvalue weighted by Gasteiger charge is -2.24. The monoisotopic (exact) mass is 301 g/mol. The predicted octanol–water partition coefficient (Wildman–Crippen LogP) is 2.84. The average molecular weight is 302 g/mol. The van der Waals surface area contributed by atoms with Gasteiger partial charge in [-0.05, 0) is 32.4 Å². The number of halogens is 1. The Bertz CT molecular complexity index is 476. The van der Waals surface area contributed by atoms with Crippen LogP contribution in [0.4, 0.5) is 0 Å². The third-order valence-corrected chi connectivity index (χ3v) is 5.07. The van der Waals surface area contributed by atoms with E-state index in [9.17, 15) is 9.00 Å². The third-order valence-electron chi connectivity index (χ3n) is 3.12.